The Morgan fingerprint density at radius 2 is 2.03 bits per heavy atom. The first kappa shape index (κ1) is 24.5. The van der Waals surface area contributed by atoms with Gasteiger partial charge in [-0.3, -0.25) is 19.1 Å². The molecule has 0 aliphatic heterocycles. The van der Waals surface area contributed by atoms with E-state index < -0.39 is 17.2 Å². The van der Waals surface area contributed by atoms with Crippen molar-refractivity contribution >= 4 is 35.0 Å². The van der Waals surface area contributed by atoms with Gasteiger partial charge in [0.1, 0.15) is 5.82 Å². The number of aromatic nitrogens is 6. The van der Waals surface area contributed by atoms with E-state index in [0.717, 1.165) is 23.1 Å². The molecule has 0 spiro atoms. The second kappa shape index (κ2) is 10.2. The summed E-state index contributed by atoms with van der Waals surface area (Å²) in [5.41, 5.74) is 6.47. The van der Waals surface area contributed by atoms with Crippen molar-refractivity contribution in [2.24, 2.45) is 5.92 Å². The quantitative estimate of drug-likeness (QED) is 0.423. The monoisotopic (exact) mass is 476 g/mol. The molecule has 3 rings (SSSR count). The number of thioether (sulfide) groups is 1. The average Bonchev–Trinajstić information content (AvgIpc) is 3.14. The van der Waals surface area contributed by atoms with E-state index in [-0.39, 0.29) is 36.3 Å². The molecule has 0 aromatic carbocycles. The molecule has 12 nitrogen and oxygen atoms in total. The highest BCUT2D eigenvalue weighted by Crippen LogP contribution is 2.21. The van der Waals surface area contributed by atoms with Crippen molar-refractivity contribution in [3.63, 3.8) is 0 Å². The van der Waals surface area contributed by atoms with Crippen molar-refractivity contribution in [2.75, 3.05) is 36.6 Å². The number of carbonyl (C=O) groups is 1. The van der Waals surface area contributed by atoms with E-state index in [9.17, 15) is 14.4 Å². The third kappa shape index (κ3) is 5.42. The van der Waals surface area contributed by atoms with Crippen molar-refractivity contribution < 1.29 is 9.53 Å². The number of rotatable bonds is 9. The van der Waals surface area contributed by atoms with Crippen LogP contribution >= 0.6 is 11.8 Å². The molecule has 0 aliphatic carbocycles. The first-order chi connectivity index (χ1) is 15.6. The number of hydrogen-bond acceptors (Lipinski definition) is 9. The van der Waals surface area contributed by atoms with Crippen LogP contribution in [0.5, 0.6) is 0 Å². The molecule has 0 unspecified atom stereocenters. The molecule has 0 aliphatic rings. The molecule has 0 saturated heterocycles. The Hall–Kier alpha value is -3.19. The van der Waals surface area contributed by atoms with E-state index in [4.69, 9.17) is 10.5 Å². The zero-order chi connectivity index (χ0) is 24.3. The number of nitrogens with one attached hydrogen (secondary N) is 1. The molecule has 3 aromatic rings. The number of nitrogens with two attached hydrogens (primary N) is 1. The Bertz CT molecular complexity index is 1280. The molecule has 33 heavy (non-hydrogen) atoms. The first-order valence-electron chi connectivity index (χ1n) is 10.4. The lowest BCUT2D eigenvalue weighted by molar-refractivity contribution is -0.116. The molecule has 178 valence electrons. The summed E-state index contributed by atoms with van der Waals surface area (Å²) in [6.07, 6.45) is 0. The van der Waals surface area contributed by atoms with Gasteiger partial charge < -0.3 is 15.4 Å². The van der Waals surface area contributed by atoms with E-state index in [1.165, 1.54) is 16.6 Å². The van der Waals surface area contributed by atoms with Crippen LogP contribution in [0.25, 0.3) is 5.78 Å². The molecule has 0 bridgehead atoms. The van der Waals surface area contributed by atoms with Crippen LogP contribution < -0.4 is 21.9 Å². The van der Waals surface area contributed by atoms with Gasteiger partial charge in [-0.25, -0.2) is 14.3 Å². The molecule has 0 saturated carbocycles. The van der Waals surface area contributed by atoms with Gasteiger partial charge in [-0.1, -0.05) is 25.6 Å². The van der Waals surface area contributed by atoms with E-state index in [1.807, 2.05) is 33.8 Å². The normalized spacial score (nSPS) is 11.5. The van der Waals surface area contributed by atoms with Crippen LogP contribution in [0.4, 0.5) is 11.5 Å². The van der Waals surface area contributed by atoms with Gasteiger partial charge in [-0.15, -0.1) is 5.10 Å². The van der Waals surface area contributed by atoms with Gasteiger partial charge in [0.15, 0.2) is 5.69 Å². The number of H-pyrrole nitrogens is 1. The highest BCUT2D eigenvalue weighted by atomic mass is 32.2. The van der Waals surface area contributed by atoms with Crippen LogP contribution in [0.15, 0.2) is 20.8 Å². The minimum atomic E-state index is -0.729. The average molecular weight is 477 g/mol. The topological polar surface area (TPSA) is 153 Å². The molecule has 13 heteroatoms. The fourth-order valence-corrected chi connectivity index (χ4v) is 4.04. The van der Waals surface area contributed by atoms with E-state index in [0.29, 0.717) is 17.5 Å². The second-order valence-corrected chi connectivity index (χ2v) is 8.91. The molecule has 0 fully saturated rings. The summed E-state index contributed by atoms with van der Waals surface area (Å²) in [4.78, 5) is 50.3. The molecule has 3 heterocycles. The largest absolute Gasteiger partial charge is 0.383 e. The highest BCUT2D eigenvalue weighted by molar-refractivity contribution is 7.99. The summed E-state index contributed by atoms with van der Waals surface area (Å²) in [7, 11) is 1.49. The smallest absolute Gasteiger partial charge is 0.330 e. The van der Waals surface area contributed by atoms with Crippen molar-refractivity contribution in [1.29, 1.82) is 0 Å². The van der Waals surface area contributed by atoms with E-state index in [1.54, 1.807) is 4.52 Å². The standard InChI is InChI=1S/C20H28N8O4S/c1-11(2)9-27-16(21)15(17(30)23-20(27)31)26(6-7-32-5)14(29)10-33-19-24-18-22-12(3)8-13(4)28(18)25-19/h8,11H,6-7,9-10,21H2,1-5H3,(H,23,30,31). The number of ether oxygens (including phenoxy) is 1. The number of carbonyl (C=O) groups excluding carboxylic acids is 1. The Kier molecular flexibility index (Phi) is 7.53. The second-order valence-electron chi connectivity index (χ2n) is 7.97. The molecule has 0 radical (unpaired) electrons. The molecule has 1 amide bonds. The maximum atomic E-state index is 13.2. The lowest BCUT2D eigenvalue weighted by atomic mass is 10.2. The van der Waals surface area contributed by atoms with Crippen LogP contribution in [-0.4, -0.2) is 61.1 Å². The molecule has 3 aromatic heterocycles. The summed E-state index contributed by atoms with van der Waals surface area (Å²) in [5, 5.41) is 4.76. The van der Waals surface area contributed by atoms with Crippen molar-refractivity contribution in [3.05, 3.63) is 38.3 Å². The molecule has 0 atom stereocenters. The zero-order valence-corrected chi connectivity index (χ0v) is 20.1. The van der Waals surface area contributed by atoms with Crippen molar-refractivity contribution in [1.82, 2.24) is 29.1 Å². The zero-order valence-electron chi connectivity index (χ0n) is 19.3. The highest BCUT2D eigenvalue weighted by Gasteiger charge is 2.25. The fourth-order valence-electron chi connectivity index (χ4n) is 3.34. The number of nitrogen functional groups attached to an aromatic ring is 1. The maximum Gasteiger partial charge on any atom is 0.330 e. The Morgan fingerprint density at radius 3 is 2.70 bits per heavy atom. The Balaban J connectivity index is 1.90. The van der Waals surface area contributed by atoms with Crippen LogP contribution in [0, 0.1) is 19.8 Å². The van der Waals surface area contributed by atoms with Crippen molar-refractivity contribution in [3.8, 4) is 0 Å². The van der Waals surface area contributed by atoms with Gasteiger partial charge in [0.2, 0.25) is 11.1 Å². The van der Waals surface area contributed by atoms with Gasteiger partial charge >= 0.3 is 5.69 Å². The summed E-state index contributed by atoms with van der Waals surface area (Å²) in [5.74, 6) is 0.0297. The number of anilines is 2. The van der Waals surface area contributed by atoms with Gasteiger partial charge in [0.05, 0.1) is 12.4 Å². The lowest BCUT2D eigenvalue weighted by Crippen LogP contribution is -2.43. The Morgan fingerprint density at radius 1 is 1.30 bits per heavy atom. The van der Waals surface area contributed by atoms with Gasteiger partial charge in [-0.2, -0.15) is 4.98 Å². The first-order valence-corrected chi connectivity index (χ1v) is 11.4. The van der Waals surface area contributed by atoms with Gasteiger partial charge in [0.25, 0.3) is 11.3 Å². The number of aromatic amines is 1. The van der Waals surface area contributed by atoms with Crippen LogP contribution in [0.3, 0.4) is 0 Å². The van der Waals surface area contributed by atoms with E-state index >= 15 is 0 Å². The Labute approximate surface area is 194 Å². The number of fused-ring (bicyclic) bond motifs is 1. The summed E-state index contributed by atoms with van der Waals surface area (Å²) in [6.45, 7) is 8.15. The molecular weight excluding hydrogens is 448 g/mol. The van der Waals surface area contributed by atoms with Crippen LogP contribution in [0.1, 0.15) is 25.2 Å². The summed E-state index contributed by atoms with van der Waals surface area (Å²) < 4.78 is 7.98. The number of aryl methyl sites for hydroxylation is 2. The number of nitrogens with zero attached hydrogens (tertiary/aromatic N) is 6. The van der Waals surface area contributed by atoms with Crippen LogP contribution in [0.2, 0.25) is 0 Å². The maximum absolute atomic E-state index is 13.2. The number of methoxy groups -OCH3 is 1. The summed E-state index contributed by atoms with van der Waals surface area (Å²) in [6, 6.07) is 1.88. The molecular formula is C20H28N8O4S. The van der Waals surface area contributed by atoms with Crippen LogP contribution in [-0.2, 0) is 16.1 Å². The van der Waals surface area contributed by atoms with Gasteiger partial charge in [0, 0.05) is 31.6 Å². The third-order valence-electron chi connectivity index (χ3n) is 4.78. The van der Waals surface area contributed by atoms with Gasteiger partial charge in [-0.05, 0) is 25.8 Å². The lowest BCUT2D eigenvalue weighted by Gasteiger charge is -2.24. The number of amides is 1. The number of hydrogen-bond donors (Lipinski definition) is 2. The minimum Gasteiger partial charge on any atom is -0.383 e. The minimum absolute atomic E-state index is 0.0547. The fraction of sp³-hybridized carbons (Fsp3) is 0.500. The predicted octanol–water partition coefficient (Wildman–Crippen LogP) is 0.601. The molecule has 3 N–H and O–H groups in total. The summed E-state index contributed by atoms with van der Waals surface area (Å²) >= 11 is 1.12. The SMILES string of the molecule is COCCN(C(=O)CSc1nc2nc(C)cc(C)n2n1)c1c(N)n(CC(C)C)c(=O)[nH]c1=O. The van der Waals surface area contributed by atoms with E-state index in [2.05, 4.69) is 20.1 Å². The van der Waals surface area contributed by atoms with Crippen molar-refractivity contribution in [2.45, 2.75) is 39.4 Å². The third-order valence-corrected chi connectivity index (χ3v) is 5.60. The predicted molar refractivity (Wildman–Crippen MR) is 126 cm³/mol.